The zero-order chi connectivity index (χ0) is 14.4. The summed E-state index contributed by atoms with van der Waals surface area (Å²) in [5, 5.41) is 9.70. The summed E-state index contributed by atoms with van der Waals surface area (Å²) in [4.78, 5) is 10.8. The Morgan fingerprint density at radius 2 is 2.00 bits per heavy atom. The van der Waals surface area contributed by atoms with Gasteiger partial charge in [0.2, 0.25) is 0 Å². The van der Waals surface area contributed by atoms with Crippen LogP contribution in [0.5, 0.6) is 0 Å². The molecule has 3 nitrogen and oxygen atoms in total. The number of halogens is 1. The first-order valence-electron chi connectivity index (χ1n) is 6.63. The standard InChI is InChI=1S/C15H22ClNO2/c1-10(9-14(17)11(2)15(18)19)7-8-12-5-3-4-6-13(12)16/h3-6,10-11,14H,7-9,17H2,1-2H3,(H,18,19)/t10-,11?,14+/m1/s1. The summed E-state index contributed by atoms with van der Waals surface area (Å²) in [6, 6.07) is 7.51. The van der Waals surface area contributed by atoms with Crippen molar-refractivity contribution in [3.05, 3.63) is 34.9 Å². The average Bonchev–Trinajstić information content (AvgIpc) is 2.36. The molecule has 0 aliphatic carbocycles. The number of carboxylic acid groups (broad SMARTS) is 1. The number of hydrogen-bond acceptors (Lipinski definition) is 2. The molecule has 3 N–H and O–H groups in total. The number of aliphatic carboxylic acids is 1. The highest BCUT2D eigenvalue weighted by molar-refractivity contribution is 6.31. The monoisotopic (exact) mass is 283 g/mol. The second-order valence-electron chi connectivity index (χ2n) is 5.26. The summed E-state index contributed by atoms with van der Waals surface area (Å²) in [5.74, 6) is -0.943. The SMILES string of the molecule is CC(C(=O)O)[C@@H](N)C[C@H](C)CCc1ccccc1Cl. The molecule has 0 aliphatic rings. The fourth-order valence-electron chi connectivity index (χ4n) is 2.07. The molecule has 106 valence electrons. The molecule has 0 amide bonds. The fraction of sp³-hybridized carbons (Fsp3) is 0.533. The summed E-state index contributed by atoms with van der Waals surface area (Å²) in [6.45, 7) is 3.76. The van der Waals surface area contributed by atoms with E-state index >= 15 is 0 Å². The second-order valence-corrected chi connectivity index (χ2v) is 5.67. The second kappa shape index (κ2) is 7.51. The highest BCUT2D eigenvalue weighted by Gasteiger charge is 2.21. The van der Waals surface area contributed by atoms with Crippen molar-refractivity contribution in [2.75, 3.05) is 0 Å². The molecular formula is C15H22ClNO2. The van der Waals surface area contributed by atoms with Gasteiger partial charge >= 0.3 is 5.97 Å². The van der Waals surface area contributed by atoms with E-state index < -0.39 is 11.9 Å². The largest absolute Gasteiger partial charge is 0.481 e. The summed E-state index contributed by atoms with van der Waals surface area (Å²) < 4.78 is 0. The summed E-state index contributed by atoms with van der Waals surface area (Å²) in [6.07, 6.45) is 2.58. The third kappa shape index (κ3) is 5.21. The number of benzene rings is 1. The van der Waals surface area contributed by atoms with Crippen molar-refractivity contribution in [1.82, 2.24) is 0 Å². The van der Waals surface area contributed by atoms with Crippen molar-refractivity contribution in [1.29, 1.82) is 0 Å². The molecule has 0 aliphatic heterocycles. The van der Waals surface area contributed by atoms with E-state index in [9.17, 15) is 4.79 Å². The van der Waals surface area contributed by atoms with Gasteiger partial charge in [0.1, 0.15) is 0 Å². The zero-order valence-electron chi connectivity index (χ0n) is 11.5. The van der Waals surface area contributed by atoms with Crippen LogP contribution >= 0.6 is 11.6 Å². The molecule has 1 aromatic carbocycles. The molecule has 19 heavy (non-hydrogen) atoms. The van der Waals surface area contributed by atoms with E-state index in [-0.39, 0.29) is 6.04 Å². The van der Waals surface area contributed by atoms with E-state index in [0.717, 1.165) is 29.8 Å². The van der Waals surface area contributed by atoms with E-state index in [0.29, 0.717) is 5.92 Å². The molecule has 0 saturated carbocycles. The summed E-state index contributed by atoms with van der Waals surface area (Å²) in [7, 11) is 0. The van der Waals surface area contributed by atoms with E-state index in [1.165, 1.54) is 0 Å². The van der Waals surface area contributed by atoms with Gasteiger partial charge in [0.15, 0.2) is 0 Å². The molecule has 1 rings (SSSR count). The molecule has 3 atom stereocenters. The minimum Gasteiger partial charge on any atom is -0.481 e. The Labute approximate surface area is 119 Å². The van der Waals surface area contributed by atoms with Gasteiger partial charge in [-0.15, -0.1) is 0 Å². The van der Waals surface area contributed by atoms with Gasteiger partial charge in [0.25, 0.3) is 0 Å². The van der Waals surface area contributed by atoms with Crippen LogP contribution in [0.25, 0.3) is 0 Å². The molecule has 0 aromatic heterocycles. The Morgan fingerprint density at radius 3 is 2.58 bits per heavy atom. The molecular weight excluding hydrogens is 262 g/mol. The predicted octanol–water partition coefficient (Wildman–Crippen LogP) is 3.35. The Balaban J connectivity index is 2.42. The lowest BCUT2D eigenvalue weighted by molar-refractivity contribution is -0.141. The van der Waals surface area contributed by atoms with Crippen LogP contribution in [0.3, 0.4) is 0 Å². The number of rotatable bonds is 7. The topological polar surface area (TPSA) is 63.3 Å². The molecule has 4 heteroatoms. The van der Waals surface area contributed by atoms with Crippen molar-refractivity contribution >= 4 is 17.6 Å². The van der Waals surface area contributed by atoms with Crippen molar-refractivity contribution in [3.8, 4) is 0 Å². The lowest BCUT2D eigenvalue weighted by Crippen LogP contribution is -2.35. The Hall–Kier alpha value is -1.06. The van der Waals surface area contributed by atoms with Gasteiger partial charge in [-0.05, 0) is 36.8 Å². The normalized spacial score (nSPS) is 15.8. The van der Waals surface area contributed by atoms with Gasteiger partial charge in [0.05, 0.1) is 5.92 Å². The molecule has 0 saturated heterocycles. The first kappa shape index (κ1) is 16.0. The van der Waals surface area contributed by atoms with Crippen molar-refractivity contribution in [2.24, 2.45) is 17.6 Å². The van der Waals surface area contributed by atoms with Gasteiger partial charge in [-0.2, -0.15) is 0 Å². The fourth-order valence-corrected chi connectivity index (χ4v) is 2.30. The van der Waals surface area contributed by atoms with Crippen LogP contribution in [-0.2, 0) is 11.2 Å². The lowest BCUT2D eigenvalue weighted by atomic mass is 9.90. The Bertz CT molecular complexity index is 422. The number of aryl methyl sites for hydroxylation is 1. The maximum absolute atomic E-state index is 10.8. The average molecular weight is 284 g/mol. The quantitative estimate of drug-likeness (QED) is 0.807. The van der Waals surface area contributed by atoms with E-state index in [1.54, 1.807) is 6.92 Å². The van der Waals surface area contributed by atoms with Gasteiger partial charge in [-0.1, -0.05) is 43.6 Å². The minimum atomic E-state index is -0.828. The van der Waals surface area contributed by atoms with Gasteiger partial charge in [0, 0.05) is 11.1 Å². The molecule has 0 radical (unpaired) electrons. The zero-order valence-corrected chi connectivity index (χ0v) is 12.2. The Morgan fingerprint density at radius 1 is 1.37 bits per heavy atom. The third-order valence-corrected chi connectivity index (χ3v) is 3.94. The Kier molecular flexibility index (Phi) is 6.32. The van der Waals surface area contributed by atoms with Crippen LogP contribution in [0.15, 0.2) is 24.3 Å². The van der Waals surface area contributed by atoms with Gasteiger partial charge in [-0.25, -0.2) is 0 Å². The van der Waals surface area contributed by atoms with E-state index in [4.69, 9.17) is 22.4 Å². The molecule has 0 heterocycles. The predicted molar refractivity (Wildman–Crippen MR) is 78.3 cm³/mol. The lowest BCUT2D eigenvalue weighted by Gasteiger charge is -2.20. The summed E-state index contributed by atoms with van der Waals surface area (Å²) >= 11 is 6.10. The van der Waals surface area contributed by atoms with Crippen molar-refractivity contribution < 1.29 is 9.90 Å². The maximum atomic E-state index is 10.8. The number of hydrogen-bond donors (Lipinski definition) is 2. The van der Waals surface area contributed by atoms with Crippen LogP contribution in [0.4, 0.5) is 0 Å². The van der Waals surface area contributed by atoms with Crippen LogP contribution in [0, 0.1) is 11.8 Å². The van der Waals surface area contributed by atoms with Crippen LogP contribution in [0.1, 0.15) is 32.3 Å². The number of carbonyl (C=O) groups is 1. The highest BCUT2D eigenvalue weighted by Crippen LogP contribution is 2.21. The van der Waals surface area contributed by atoms with Crippen LogP contribution in [-0.4, -0.2) is 17.1 Å². The third-order valence-electron chi connectivity index (χ3n) is 3.57. The van der Waals surface area contributed by atoms with Gasteiger partial charge < -0.3 is 10.8 Å². The molecule has 0 spiro atoms. The van der Waals surface area contributed by atoms with Crippen LogP contribution < -0.4 is 5.73 Å². The van der Waals surface area contributed by atoms with E-state index in [2.05, 4.69) is 6.92 Å². The number of nitrogens with two attached hydrogens (primary N) is 1. The first-order valence-corrected chi connectivity index (χ1v) is 7.01. The first-order chi connectivity index (χ1) is 8.91. The summed E-state index contributed by atoms with van der Waals surface area (Å²) in [5.41, 5.74) is 7.05. The molecule has 1 aromatic rings. The van der Waals surface area contributed by atoms with Crippen molar-refractivity contribution in [2.45, 2.75) is 39.2 Å². The molecule has 1 unspecified atom stereocenters. The van der Waals surface area contributed by atoms with Crippen LogP contribution in [0.2, 0.25) is 5.02 Å². The highest BCUT2D eigenvalue weighted by atomic mass is 35.5. The van der Waals surface area contributed by atoms with Gasteiger partial charge in [-0.3, -0.25) is 4.79 Å². The smallest absolute Gasteiger partial charge is 0.307 e. The number of carboxylic acids is 1. The minimum absolute atomic E-state index is 0.293. The molecule has 0 fully saturated rings. The van der Waals surface area contributed by atoms with Crippen molar-refractivity contribution in [3.63, 3.8) is 0 Å². The molecule has 0 bridgehead atoms. The van der Waals surface area contributed by atoms with E-state index in [1.807, 2.05) is 24.3 Å². The maximum Gasteiger partial charge on any atom is 0.307 e.